The zero-order valence-electron chi connectivity index (χ0n) is 11.2. The van der Waals surface area contributed by atoms with Crippen LogP contribution in [0.4, 0.5) is 4.39 Å². The van der Waals surface area contributed by atoms with Gasteiger partial charge in [0, 0.05) is 6.04 Å². The molecule has 3 N–H and O–H groups in total. The zero-order chi connectivity index (χ0) is 15.3. The molecule has 6 nitrogen and oxygen atoms in total. The van der Waals surface area contributed by atoms with Gasteiger partial charge in [-0.1, -0.05) is 0 Å². The summed E-state index contributed by atoms with van der Waals surface area (Å²) in [6.45, 7) is 3.64. The molecule has 0 atom stereocenters. The molecule has 0 unspecified atom stereocenters. The fraction of sp³-hybridized carbons (Fsp3) is 0.417. The van der Waals surface area contributed by atoms with Crippen molar-refractivity contribution in [2.24, 2.45) is 5.14 Å². The SMILES string of the molecule is CC(C)NC(=O)CCOc1ccc(S(N)(=O)=O)cc1F. The summed E-state index contributed by atoms with van der Waals surface area (Å²) >= 11 is 0. The van der Waals surface area contributed by atoms with Crippen LogP contribution in [0.3, 0.4) is 0 Å². The highest BCUT2D eigenvalue weighted by molar-refractivity contribution is 7.89. The third-order valence-corrected chi connectivity index (χ3v) is 3.18. The molecular weight excluding hydrogens is 287 g/mol. The van der Waals surface area contributed by atoms with E-state index in [2.05, 4.69) is 5.32 Å². The fourth-order valence-corrected chi connectivity index (χ4v) is 1.95. The molecule has 8 heteroatoms. The first-order valence-electron chi connectivity index (χ1n) is 5.94. The van der Waals surface area contributed by atoms with Crippen molar-refractivity contribution < 1.29 is 22.3 Å². The van der Waals surface area contributed by atoms with Gasteiger partial charge in [-0.15, -0.1) is 0 Å². The van der Waals surface area contributed by atoms with Crippen LogP contribution in [0, 0.1) is 5.82 Å². The van der Waals surface area contributed by atoms with Crippen LogP contribution in [-0.4, -0.2) is 27.0 Å². The molecule has 0 aliphatic rings. The third-order valence-electron chi connectivity index (χ3n) is 2.27. The predicted molar refractivity (Wildman–Crippen MR) is 71.2 cm³/mol. The van der Waals surface area contributed by atoms with Gasteiger partial charge >= 0.3 is 0 Å². The Morgan fingerprint density at radius 3 is 2.60 bits per heavy atom. The molecule has 20 heavy (non-hydrogen) atoms. The summed E-state index contributed by atoms with van der Waals surface area (Å²) in [5, 5.41) is 7.54. The van der Waals surface area contributed by atoms with E-state index in [1.807, 2.05) is 13.8 Å². The van der Waals surface area contributed by atoms with Gasteiger partial charge < -0.3 is 10.1 Å². The average molecular weight is 304 g/mol. The lowest BCUT2D eigenvalue weighted by Crippen LogP contribution is -2.31. The molecule has 0 spiro atoms. The van der Waals surface area contributed by atoms with Gasteiger partial charge in [-0.2, -0.15) is 0 Å². The minimum atomic E-state index is -3.95. The maximum Gasteiger partial charge on any atom is 0.238 e. The van der Waals surface area contributed by atoms with E-state index in [1.165, 1.54) is 0 Å². The molecule has 0 saturated carbocycles. The van der Waals surface area contributed by atoms with Crippen LogP contribution >= 0.6 is 0 Å². The molecule has 0 saturated heterocycles. The molecule has 1 rings (SSSR count). The molecule has 0 fully saturated rings. The van der Waals surface area contributed by atoms with Gasteiger partial charge in [0.25, 0.3) is 0 Å². The highest BCUT2D eigenvalue weighted by Crippen LogP contribution is 2.20. The first-order valence-corrected chi connectivity index (χ1v) is 7.49. The van der Waals surface area contributed by atoms with Gasteiger partial charge in [0.15, 0.2) is 11.6 Å². The van der Waals surface area contributed by atoms with E-state index in [0.29, 0.717) is 0 Å². The van der Waals surface area contributed by atoms with Crippen molar-refractivity contribution in [3.8, 4) is 5.75 Å². The Kier molecular flexibility index (Phi) is 5.46. The first kappa shape index (κ1) is 16.4. The van der Waals surface area contributed by atoms with Crippen LogP contribution < -0.4 is 15.2 Å². The minimum Gasteiger partial charge on any atom is -0.490 e. The summed E-state index contributed by atoms with van der Waals surface area (Å²) in [7, 11) is -3.95. The van der Waals surface area contributed by atoms with Gasteiger partial charge in [-0.05, 0) is 32.0 Å². The Balaban J connectivity index is 2.60. The number of nitrogens with one attached hydrogen (secondary N) is 1. The number of amides is 1. The molecular formula is C12H17FN2O4S. The molecule has 0 aliphatic heterocycles. The summed E-state index contributed by atoms with van der Waals surface area (Å²) in [6.07, 6.45) is 0.0779. The number of sulfonamides is 1. The molecule has 1 aromatic carbocycles. The van der Waals surface area contributed by atoms with Crippen LogP contribution in [0.15, 0.2) is 23.1 Å². The maximum atomic E-state index is 13.6. The smallest absolute Gasteiger partial charge is 0.238 e. The van der Waals surface area contributed by atoms with Gasteiger partial charge in [0.05, 0.1) is 17.9 Å². The highest BCUT2D eigenvalue weighted by atomic mass is 32.2. The van der Waals surface area contributed by atoms with Crippen molar-refractivity contribution in [2.75, 3.05) is 6.61 Å². The number of halogens is 1. The number of benzene rings is 1. The number of carbonyl (C=O) groups is 1. The number of rotatable bonds is 6. The van der Waals surface area contributed by atoms with Crippen molar-refractivity contribution in [1.29, 1.82) is 0 Å². The van der Waals surface area contributed by atoms with E-state index < -0.39 is 15.8 Å². The second-order valence-corrected chi connectivity index (χ2v) is 6.02. The number of nitrogens with two attached hydrogens (primary N) is 1. The molecule has 0 aromatic heterocycles. The third kappa shape index (κ3) is 5.14. The van der Waals surface area contributed by atoms with Crippen LogP contribution in [0.5, 0.6) is 5.75 Å². The molecule has 1 amide bonds. The summed E-state index contributed by atoms with van der Waals surface area (Å²) in [5.41, 5.74) is 0. The van der Waals surface area contributed by atoms with E-state index in [-0.39, 0.29) is 35.6 Å². The Morgan fingerprint density at radius 1 is 1.45 bits per heavy atom. The maximum absolute atomic E-state index is 13.6. The molecule has 0 heterocycles. The standard InChI is InChI=1S/C12H17FN2O4S/c1-8(2)15-12(16)5-6-19-11-4-3-9(7-10(11)13)20(14,17)18/h3-4,7-8H,5-6H2,1-2H3,(H,15,16)(H2,14,17,18). The Labute approximate surface area is 117 Å². The molecule has 0 aliphatic carbocycles. The summed E-state index contributed by atoms with van der Waals surface area (Å²) < 4.78 is 40.7. The molecule has 1 aromatic rings. The number of hydrogen-bond acceptors (Lipinski definition) is 4. The minimum absolute atomic E-state index is 0.00973. The summed E-state index contributed by atoms with van der Waals surface area (Å²) in [4.78, 5) is 11.0. The van der Waals surface area contributed by atoms with Crippen molar-refractivity contribution in [3.63, 3.8) is 0 Å². The van der Waals surface area contributed by atoms with E-state index in [0.717, 1.165) is 18.2 Å². The number of hydrogen-bond donors (Lipinski definition) is 2. The number of carbonyl (C=O) groups excluding carboxylic acids is 1. The number of ether oxygens (including phenoxy) is 1. The van der Waals surface area contributed by atoms with Crippen molar-refractivity contribution in [3.05, 3.63) is 24.0 Å². The van der Waals surface area contributed by atoms with E-state index in [1.54, 1.807) is 0 Å². The van der Waals surface area contributed by atoms with Crippen molar-refractivity contribution >= 4 is 15.9 Å². The topological polar surface area (TPSA) is 98.5 Å². The van der Waals surface area contributed by atoms with E-state index in [9.17, 15) is 17.6 Å². The second-order valence-electron chi connectivity index (χ2n) is 4.46. The van der Waals surface area contributed by atoms with E-state index >= 15 is 0 Å². The summed E-state index contributed by atoms with van der Waals surface area (Å²) in [5.74, 6) is -1.18. The van der Waals surface area contributed by atoms with Crippen molar-refractivity contribution in [1.82, 2.24) is 5.32 Å². The fourth-order valence-electron chi connectivity index (χ4n) is 1.42. The van der Waals surface area contributed by atoms with Crippen LogP contribution in [0.25, 0.3) is 0 Å². The largest absolute Gasteiger partial charge is 0.490 e. The van der Waals surface area contributed by atoms with Gasteiger partial charge in [-0.25, -0.2) is 17.9 Å². The zero-order valence-corrected chi connectivity index (χ0v) is 12.0. The molecule has 0 bridgehead atoms. The second kappa shape index (κ2) is 6.67. The molecule has 0 radical (unpaired) electrons. The van der Waals surface area contributed by atoms with Gasteiger partial charge in [0.2, 0.25) is 15.9 Å². The lowest BCUT2D eigenvalue weighted by Gasteiger charge is -2.10. The quantitative estimate of drug-likeness (QED) is 0.811. The Morgan fingerprint density at radius 2 is 2.10 bits per heavy atom. The van der Waals surface area contributed by atoms with Crippen LogP contribution in [0.1, 0.15) is 20.3 Å². The normalized spacial score (nSPS) is 11.4. The Hall–Kier alpha value is -1.67. The first-order chi connectivity index (χ1) is 9.20. The van der Waals surface area contributed by atoms with Crippen LogP contribution in [-0.2, 0) is 14.8 Å². The summed E-state index contributed by atoms with van der Waals surface area (Å²) in [6, 6.07) is 3.10. The lowest BCUT2D eigenvalue weighted by molar-refractivity contribution is -0.122. The number of primary sulfonamides is 1. The van der Waals surface area contributed by atoms with Gasteiger partial charge in [0.1, 0.15) is 0 Å². The predicted octanol–water partition coefficient (Wildman–Crippen LogP) is 0.767. The van der Waals surface area contributed by atoms with Crippen molar-refractivity contribution in [2.45, 2.75) is 31.2 Å². The molecule has 112 valence electrons. The monoisotopic (exact) mass is 304 g/mol. The van der Waals surface area contributed by atoms with Crippen LogP contribution in [0.2, 0.25) is 0 Å². The van der Waals surface area contributed by atoms with E-state index in [4.69, 9.17) is 9.88 Å². The Bertz CT molecular complexity index is 587. The lowest BCUT2D eigenvalue weighted by atomic mass is 10.3. The average Bonchev–Trinajstić information content (AvgIpc) is 2.28. The highest BCUT2D eigenvalue weighted by Gasteiger charge is 2.12. The van der Waals surface area contributed by atoms with Gasteiger partial charge in [-0.3, -0.25) is 4.79 Å².